The standard InChI is InChI=1S/C17H13F3N4O2S/c1-10-5-6-15(26-16(19)20)13(7-10)14(25)9-27-17-21-22-23-24(17)12-4-2-3-11(18)8-12/h2-8,16H,9H2,1H3. The summed E-state index contributed by atoms with van der Waals surface area (Å²) in [6.45, 7) is -1.30. The smallest absolute Gasteiger partial charge is 0.387 e. The van der Waals surface area contributed by atoms with Gasteiger partial charge in [0.2, 0.25) is 5.16 Å². The van der Waals surface area contributed by atoms with Gasteiger partial charge in [-0.1, -0.05) is 29.5 Å². The third-order valence-electron chi connectivity index (χ3n) is 3.48. The lowest BCUT2D eigenvalue weighted by molar-refractivity contribution is -0.0501. The van der Waals surface area contributed by atoms with Crippen LogP contribution in [-0.2, 0) is 0 Å². The maximum absolute atomic E-state index is 13.4. The Bertz CT molecular complexity index is 965. The van der Waals surface area contributed by atoms with E-state index in [0.717, 1.165) is 17.3 Å². The molecule has 0 saturated heterocycles. The van der Waals surface area contributed by atoms with Gasteiger partial charge in [0.05, 0.1) is 17.0 Å². The Morgan fingerprint density at radius 2 is 2.07 bits per heavy atom. The number of aromatic nitrogens is 4. The van der Waals surface area contributed by atoms with Crippen molar-refractivity contribution in [2.75, 3.05) is 5.75 Å². The molecule has 0 amide bonds. The average Bonchev–Trinajstić information content (AvgIpc) is 3.09. The summed E-state index contributed by atoms with van der Waals surface area (Å²) >= 11 is 1.00. The Balaban J connectivity index is 1.78. The molecule has 0 fully saturated rings. The molecule has 1 heterocycles. The summed E-state index contributed by atoms with van der Waals surface area (Å²) in [4.78, 5) is 12.5. The first kappa shape index (κ1) is 18.9. The minimum atomic E-state index is -3.04. The third-order valence-corrected chi connectivity index (χ3v) is 4.40. The number of alkyl halides is 2. The lowest BCUT2D eigenvalue weighted by Crippen LogP contribution is -2.10. The van der Waals surface area contributed by atoms with Gasteiger partial charge in [-0.2, -0.15) is 13.5 Å². The molecule has 0 N–H and O–H groups in total. The highest BCUT2D eigenvalue weighted by Crippen LogP contribution is 2.26. The number of rotatable bonds is 7. The molecule has 0 unspecified atom stereocenters. The Labute approximate surface area is 156 Å². The second-order valence-electron chi connectivity index (χ2n) is 5.44. The van der Waals surface area contributed by atoms with E-state index in [1.165, 1.54) is 35.0 Å². The van der Waals surface area contributed by atoms with Crippen LogP contribution < -0.4 is 4.74 Å². The molecule has 2 aromatic carbocycles. The average molecular weight is 394 g/mol. The predicted octanol–water partition coefficient (Wildman–Crippen LogP) is 3.69. The van der Waals surface area contributed by atoms with Crippen molar-refractivity contribution in [3.8, 4) is 11.4 Å². The van der Waals surface area contributed by atoms with Crippen molar-refractivity contribution in [2.24, 2.45) is 0 Å². The molecule has 0 bridgehead atoms. The molecule has 0 aliphatic carbocycles. The van der Waals surface area contributed by atoms with E-state index in [1.54, 1.807) is 19.1 Å². The van der Waals surface area contributed by atoms with Crippen LogP contribution in [0.1, 0.15) is 15.9 Å². The Morgan fingerprint density at radius 1 is 1.26 bits per heavy atom. The lowest BCUT2D eigenvalue weighted by Gasteiger charge is -2.10. The maximum Gasteiger partial charge on any atom is 0.387 e. The fourth-order valence-electron chi connectivity index (χ4n) is 2.31. The zero-order chi connectivity index (χ0) is 19.4. The van der Waals surface area contributed by atoms with E-state index in [4.69, 9.17) is 0 Å². The van der Waals surface area contributed by atoms with Crippen LogP contribution in [0.5, 0.6) is 5.75 Å². The van der Waals surface area contributed by atoms with Gasteiger partial charge in [0.25, 0.3) is 0 Å². The Kier molecular flexibility index (Phi) is 5.75. The Hall–Kier alpha value is -2.88. The third kappa shape index (κ3) is 4.64. The van der Waals surface area contributed by atoms with E-state index in [9.17, 15) is 18.0 Å². The molecule has 10 heteroatoms. The van der Waals surface area contributed by atoms with E-state index in [0.29, 0.717) is 5.69 Å². The number of hydrogen-bond donors (Lipinski definition) is 0. The van der Waals surface area contributed by atoms with Crippen LogP contribution in [0.4, 0.5) is 13.2 Å². The summed E-state index contributed by atoms with van der Waals surface area (Å²) in [5, 5.41) is 11.4. The summed E-state index contributed by atoms with van der Waals surface area (Å²) in [6, 6.07) is 10.0. The second kappa shape index (κ2) is 8.21. The van der Waals surface area contributed by atoms with Gasteiger partial charge in [-0.25, -0.2) is 4.39 Å². The van der Waals surface area contributed by atoms with Gasteiger partial charge in [-0.15, -0.1) is 5.10 Å². The number of carbonyl (C=O) groups is 1. The number of Topliss-reactive ketones (excluding diaryl/α,β-unsaturated/α-hetero) is 1. The fourth-order valence-corrected chi connectivity index (χ4v) is 3.08. The van der Waals surface area contributed by atoms with Gasteiger partial charge in [0, 0.05) is 0 Å². The molecule has 1 aromatic heterocycles. The number of nitrogens with zero attached hydrogens (tertiary/aromatic N) is 4. The summed E-state index contributed by atoms with van der Waals surface area (Å²) in [5.41, 5.74) is 1.18. The van der Waals surface area contributed by atoms with E-state index in [2.05, 4.69) is 20.3 Å². The number of tetrazole rings is 1. The SMILES string of the molecule is Cc1ccc(OC(F)F)c(C(=O)CSc2nnnn2-c2cccc(F)c2)c1. The number of ether oxygens (including phenoxy) is 1. The van der Waals surface area contributed by atoms with Crippen LogP contribution in [0.2, 0.25) is 0 Å². The van der Waals surface area contributed by atoms with Crippen molar-refractivity contribution in [3.63, 3.8) is 0 Å². The van der Waals surface area contributed by atoms with Crippen LogP contribution >= 0.6 is 11.8 Å². The van der Waals surface area contributed by atoms with Crippen molar-refractivity contribution in [1.29, 1.82) is 0 Å². The van der Waals surface area contributed by atoms with Crippen LogP contribution in [0.3, 0.4) is 0 Å². The maximum atomic E-state index is 13.4. The van der Waals surface area contributed by atoms with Crippen molar-refractivity contribution in [2.45, 2.75) is 18.7 Å². The molecule has 0 atom stereocenters. The van der Waals surface area contributed by atoms with Crippen molar-refractivity contribution >= 4 is 17.5 Å². The topological polar surface area (TPSA) is 69.9 Å². The molecule has 0 aliphatic heterocycles. The highest BCUT2D eigenvalue weighted by Gasteiger charge is 2.18. The highest BCUT2D eigenvalue weighted by molar-refractivity contribution is 7.99. The summed E-state index contributed by atoms with van der Waals surface area (Å²) < 4.78 is 44.2. The number of benzene rings is 2. The zero-order valence-corrected chi connectivity index (χ0v) is 14.8. The van der Waals surface area contributed by atoms with Crippen LogP contribution in [0.15, 0.2) is 47.6 Å². The van der Waals surface area contributed by atoms with Gasteiger partial charge in [0.15, 0.2) is 5.78 Å². The molecule has 3 rings (SSSR count). The molecule has 3 aromatic rings. The quantitative estimate of drug-likeness (QED) is 0.450. The monoisotopic (exact) mass is 394 g/mol. The van der Waals surface area contributed by atoms with Crippen LogP contribution in [0, 0.1) is 12.7 Å². The van der Waals surface area contributed by atoms with Gasteiger partial charge in [-0.3, -0.25) is 4.79 Å². The molecule has 6 nitrogen and oxygen atoms in total. The largest absolute Gasteiger partial charge is 0.434 e. The van der Waals surface area contributed by atoms with Gasteiger partial charge < -0.3 is 4.74 Å². The predicted molar refractivity (Wildman–Crippen MR) is 92.0 cm³/mol. The van der Waals surface area contributed by atoms with E-state index >= 15 is 0 Å². The van der Waals surface area contributed by atoms with Gasteiger partial charge >= 0.3 is 6.61 Å². The molecular weight excluding hydrogens is 381 g/mol. The van der Waals surface area contributed by atoms with Crippen molar-refractivity contribution in [1.82, 2.24) is 20.2 Å². The molecule has 140 valence electrons. The van der Waals surface area contributed by atoms with E-state index in [-0.39, 0.29) is 22.2 Å². The van der Waals surface area contributed by atoms with Crippen LogP contribution in [0.25, 0.3) is 5.69 Å². The number of carbonyl (C=O) groups excluding carboxylic acids is 1. The number of ketones is 1. The number of thioether (sulfide) groups is 1. The number of halogens is 3. The minimum absolute atomic E-state index is 0.0487. The Morgan fingerprint density at radius 3 is 2.81 bits per heavy atom. The first-order valence-electron chi connectivity index (χ1n) is 7.70. The van der Waals surface area contributed by atoms with Crippen molar-refractivity contribution < 1.29 is 22.7 Å². The summed E-state index contributed by atoms with van der Waals surface area (Å²) in [6.07, 6.45) is 0. The fraction of sp³-hybridized carbons (Fsp3) is 0.176. The zero-order valence-electron chi connectivity index (χ0n) is 14.0. The first-order valence-corrected chi connectivity index (χ1v) is 8.68. The van der Waals surface area contributed by atoms with Gasteiger partial charge in [-0.05, 0) is 47.7 Å². The summed E-state index contributed by atoms with van der Waals surface area (Å²) in [5.74, 6) is -1.18. The molecule has 0 saturated carbocycles. The van der Waals surface area contributed by atoms with E-state index in [1.807, 2.05) is 0 Å². The normalized spacial score (nSPS) is 11.0. The molecule has 0 spiro atoms. The van der Waals surface area contributed by atoms with Crippen molar-refractivity contribution in [3.05, 3.63) is 59.4 Å². The number of aryl methyl sites for hydroxylation is 1. The summed E-state index contributed by atoms with van der Waals surface area (Å²) in [7, 11) is 0. The second-order valence-corrected chi connectivity index (χ2v) is 6.39. The molecular formula is C17H13F3N4O2S. The first-order chi connectivity index (χ1) is 12.9. The van der Waals surface area contributed by atoms with Gasteiger partial charge in [0.1, 0.15) is 11.6 Å². The van der Waals surface area contributed by atoms with Crippen LogP contribution in [-0.4, -0.2) is 38.4 Å². The van der Waals surface area contributed by atoms with E-state index < -0.39 is 18.2 Å². The molecule has 27 heavy (non-hydrogen) atoms. The lowest BCUT2D eigenvalue weighted by atomic mass is 10.1. The highest BCUT2D eigenvalue weighted by atomic mass is 32.2. The molecule has 0 radical (unpaired) electrons. The molecule has 0 aliphatic rings. The minimum Gasteiger partial charge on any atom is -0.434 e. The number of hydrogen-bond acceptors (Lipinski definition) is 6.